The van der Waals surface area contributed by atoms with Crippen molar-refractivity contribution in [2.45, 2.75) is 61.8 Å². The molecule has 27 heavy (non-hydrogen) atoms. The van der Waals surface area contributed by atoms with E-state index in [0.29, 0.717) is 6.07 Å². The number of carbonyl (C=O) groups is 1. The average molecular weight is 422 g/mol. The molecule has 2 atom stereocenters. The van der Waals surface area contributed by atoms with Crippen LogP contribution in [0.15, 0.2) is 17.0 Å². The molecule has 0 aliphatic rings. The highest BCUT2D eigenvalue weighted by molar-refractivity contribution is 7.85. The number of benzene rings is 1. The van der Waals surface area contributed by atoms with Gasteiger partial charge in [0.1, 0.15) is 0 Å². The van der Waals surface area contributed by atoms with Gasteiger partial charge in [0.05, 0.1) is 21.3 Å². The van der Waals surface area contributed by atoms with E-state index in [9.17, 15) is 44.8 Å². The normalized spacial score (nSPS) is 15.5. The minimum atomic E-state index is -6.39. The molecular weight excluding hydrogens is 405 g/mol. The van der Waals surface area contributed by atoms with Gasteiger partial charge in [-0.15, -0.1) is 0 Å². The first kappa shape index (κ1) is 23.4. The van der Waals surface area contributed by atoms with E-state index in [1.807, 2.05) is 0 Å². The first-order valence-electron chi connectivity index (χ1n) is 7.77. The van der Waals surface area contributed by atoms with Gasteiger partial charge in [-0.3, -0.25) is 4.21 Å². The Balaban J connectivity index is 4.09. The monoisotopic (exact) mass is 422 g/mol. The van der Waals surface area contributed by atoms with Crippen molar-refractivity contribution in [3.05, 3.63) is 28.8 Å². The van der Waals surface area contributed by atoms with Crippen LogP contribution in [0.4, 0.5) is 30.7 Å². The smallest absolute Gasteiger partial charge is 0.435 e. The van der Waals surface area contributed by atoms with Crippen molar-refractivity contribution in [1.29, 1.82) is 0 Å². The summed E-state index contributed by atoms with van der Waals surface area (Å²) in [4.78, 5) is 10.2. The van der Waals surface area contributed by atoms with Crippen LogP contribution in [-0.4, -0.2) is 32.9 Å². The fourth-order valence-corrected chi connectivity index (χ4v) is 4.13. The Morgan fingerprint density at radius 1 is 1.07 bits per heavy atom. The number of halogens is 7. The second-order valence-corrected chi connectivity index (χ2v) is 7.61. The van der Waals surface area contributed by atoms with Gasteiger partial charge in [-0.05, 0) is 24.5 Å². The van der Waals surface area contributed by atoms with Crippen LogP contribution in [0.5, 0.6) is 0 Å². The average Bonchev–Trinajstić information content (AvgIpc) is 2.55. The molecule has 154 valence electrons. The molecule has 1 N–H and O–H groups in total. The number of hydrogen-bond donors (Lipinski definition) is 1. The summed E-state index contributed by atoms with van der Waals surface area (Å²) in [6.45, 7) is 4.06. The number of carboxylic acids is 1. The van der Waals surface area contributed by atoms with Crippen molar-refractivity contribution in [2.75, 3.05) is 0 Å². The molecule has 1 rings (SSSR count). The topological polar surface area (TPSA) is 54.4 Å². The molecular formula is C16H17F7O3S. The summed E-state index contributed by atoms with van der Waals surface area (Å²) >= 11 is 0. The Morgan fingerprint density at radius 3 is 1.89 bits per heavy atom. The Kier molecular flexibility index (Phi) is 6.73. The van der Waals surface area contributed by atoms with Crippen LogP contribution in [0.2, 0.25) is 0 Å². The zero-order valence-electron chi connectivity index (χ0n) is 14.5. The molecule has 0 heterocycles. The zero-order valence-corrected chi connectivity index (χ0v) is 15.3. The van der Waals surface area contributed by atoms with Crippen molar-refractivity contribution in [3.63, 3.8) is 0 Å². The molecule has 0 spiro atoms. The van der Waals surface area contributed by atoms with E-state index in [2.05, 4.69) is 0 Å². The number of aromatic carboxylic acids is 1. The fourth-order valence-electron chi connectivity index (χ4n) is 2.50. The molecule has 1 aromatic rings. The first-order chi connectivity index (χ1) is 12.1. The van der Waals surface area contributed by atoms with Crippen molar-refractivity contribution in [2.24, 2.45) is 0 Å². The number of carboxylic acid groups (broad SMARTS) is 1. The van der Waals surface area contributed by atoms with E-state index >= 15 is 0 Å². The first-order valence-corrected chi connectivity index (χ1v) is 8.98. The minimum Gasteiger partial charge on any atom is -0.478 e. The van der Waals surface area contributed by atoms with Gasteiger partial charge in [0.2, 0.25) is 0 Å². The molecule has 2 unspecified atom stereocenters. The van der Waals surface area contributed by atoms with E-state index in [1.54, 1.807) is 0 Å². The van der Waals surface area contributed by atoms with E-state index in [1.165, 1.54) is 20.8 Å². The summed E-state index contributed by atoms with van der Waals surface area (Å²) in [6, 6.07) is 0.582. The van der Waals surface area contributed by atoms with Crippen LogP contribution in [0.1, 0.15) is 48.7 Å². The van der Waals surface area contributed by atoms with Crippen LogP contribution in [-0.2, 0) is 22.9 Å². The Bertz CT molecular complexity index is 727. The molecule has 11 heteroatoms. The highest BCUT2D eigenvalue weighted by atomic mass is 32.2. The van der Waals surface area contributed by atoms with Gasteiger partial charge in [0.25, 0.3) is 0 Å². The van der Waals surface area contributed by atoms with Crippen molar-refractivity contribution >= 4 is 16.8 Å². The van der Waals surface area contributed by atoms with E-state index < -0.39 is 61.6 Å². The molecule has 0 amide bonds. The Hall–Kier alpha value is -1.65. The van der Waals surface area contributed by atoms with Crippen LogP contribution in [0.3, 0.4) is 0 Å². The van der Waals surface area contributed by atoms with Gasteiger partial charge >= 0.3 is 24.0 Å². The maximum absolute atomic E-state index is 14.6. The van der Waals surface area contributed by atoms with Gasteiger partial charge in [0.15, 0.2) is 0 Å². The number of rotatable bonds is 6. The largest absolute Gasteiger partial charge is 0.478 e. The van der Waals surface area contributed by atoms with Crippen molar-refractivity contribution in [3.8, 4) is 0 Å². The lowest BCUT2D eigenvalue weighted by Crippen LogP contribution is -2.51. The van der Waals surface area contributed by atoms with Crippen LogP contribution in [0.25, 0.3) is 0 Å². The summed E-state index contributed by atoms with van der Waals surface area (Å²) in [7, 11) is -2.50. The quantitative estimate of drug-likeness (QED) is 0.646. The fraction of sp³-hybridized carbons (Fsp3) is 0.562. The van der Waals surface area contributed by atoms with Gasteiger partial charge in [-0.1, -0.05) is 26.8 Å². The lowest BCUT2D eigenvalue weighted by molar-refractivity contribution is -0.349. The van der Waals surface area contributed by atoms with E-state index in [-0.39, 0.29) is 18.9 Å². The number of alkyl halides is 7. The highest BCUT2D eigenvalue weighted by Gasteiger charge is 2.74. The maximum atomic E-state index is 14.6. The van der Waals surface area contributed by atoms with Gasteiger partial charge in [-0.25, -0.2) is 9.18 Å². The van der Waals surface area contributed by atoms with Crippen LogP contribution >= 0.6 is 0 Å². The summed E-state index contributed by atoms with van der Waals surface area (Å²) in [6.07, 6.45) is -13.0. The lowest BCUT2D eigenvalue weighted by atomic mass is 9.90. The standard InChI is InChI=1S/C16H17F7O3S/c1-4-8(3)27(26)12-9(5-2)10(13(24)25)6-7-11(12)14(17,15(18,19)20)16(21,22)23/h6-8H,4-5H2,1-3H3,(H,24,25). The third kappa shape index (κ3) is 3.97. The van der Waals surface area contributed by atoms with Gasteiger partial charge in [-0.2, -0.15) is 26.3 Å². The third-order valence-electron chi connectivity index (χ3n) is 4.14. The Morgan fingerprint density at radius 2 is 1.56 bits per heavy atom. The summed E-state index contributed by atoms with van der Waals surface area (Å²) in [5, 5.41) is 8.25. The molecule has 3 nitrogen and oxygen atoms in total. The second kappa shape index (κ2) is 7.76. The molecule has 0 aliphatic carbocycles. The molecule has 1 aromatic carbocycles. The molecule has 0 fully saturated rings. The van der Waals surface area contributed by atoms with Crippen LogP contribution < -0.4 is 0 Å². The Labute approximate surface area is 153 Å². The SMILES string of the molecule is CCc1c(C(=O)O)ccc(C(F)(C(F)(F)F)C(F)(F)F)c1S(=O)C(C)CC. The van der Waals surface area contributed by atoms with E-state index in [4.69, 9.17) is 0 Å². The predicted octanol–water partition coefficient (Wildman–Crippen LogP) is 5.14. The highest BCUT2D eigenvalue weighted by Crippen LogP contribution is 2.55. The minimum absolute atomic E-state index is 0.101. The number of hydrogen-bond acceptors (Lipinski definition) is 2. The molecule has 0 bridgehead atoms. The summed E-state index contributed by atoms with van der Waals surface area (Å²) < 4.78 is 106. The molecule has 0 saturated heterocycles. The third-order valence-corrected chi connectivity index (χ3v) is 6.07. The summed E-state index contributed by atoms with van der Waals surface area (Å²) in [5.74, 6) is -1.63. The van der Waals surface area contributed by atoms with E-state index in [0.717, 1.165) is 0 Å². The maximum Gasteiger partial charge on any atom is 0.435 e. The van der Waals surface area contributed by atoms with Crippen LogP contribution in [0, 0.1) is 0 Å². The molecule has 0 saturated carbocycles. The van der Waals surface area contributed by atoms with Gasteiger partial charge in [0, 0.05) is 10.8 Å². The molecule has 0 aliphatic heterocycles. The molecule has 0 aromatic heterocycles. The summed E-state index contributed by atoms with van der Waals surface area (Å²) in [5.41, 5.74) is -8.82. The van der Waals surface area contributed by atoms with Crippen molar-refractivity contribution in [1.82, 2.24) is 0 Å². The lowest BCUT2D eigenvalue weighted by Gasteiger charge is -2.33. The van der Waals surface area contributed by atoms with Crippen molar-refractivity contribution < 1.29 is 44.8 Å². The second-order valence-electron chi connectivity index (χ2n) is 5.80. The van der Waals surface area contributed by atoms with Gasteiger partial charge < -0.3 is 5.11 Å². The zero-order chi connectivity index (χ0) is 21.4. The predicted molar refractivity (Wildman–Crippen MR) is 83.8 cm³/mol. The molecule has 0 radical (unpaired) electrons.